The number of ether oxygens (including phenoxy) is 6. The Kier molecular flexibility index (Phi) is 14.4. The van der Waals surface area contributed by atoms with E-state index in [1.54, 1.807) is 0 Å². The third kappa shape index (κ3) is 9.42. The summed E-state index contributed by atoms with van der Waals surface area (Å²) in [6, 6.07) is 9.35. The van der Waals surface area contributed by atoms with E-state index in [4.69, 9.17) is 28.4 Å². The predicted molar refractivity (Wildman–Crippen MR) is 160 cm³/mol. The molecule has 1 aliphatic rings. The van der Waals surface area contributed by atoms with Crippen LogP contribution >= 0.6 is 0 Å². The molecule has 0 spiro atoms. The summed E-state index contributed by atoms with van der Waals surface area (Å²) in [6.07, 6.45) is 5.16. The fourth-order valence-corrected chi connectivity index (χ4v) is 4.57. The van der Waals surface area contributed by atoms with Crippen molar-refractivity contribution in [1.29, 1.82) is 0 Å². The molecule has 0 saturated heterocycles. The number of fused-ring (bicyclic) bond motifs is 1. The molecule has 0 aromatic heterocycles. The average Bonchev–Trinajstić information content (AvgIpc) is 2.97. The minimum Gasteiger partial charge on any atom is -0.493 e. The molecule has 41 heavy (non-hydrogen) atoms. The fourth-order valence-electron chi connectivity index (χ4n) is 4.57. The molecule has 1 unspecified atom stereocenters. The van der Waals surface area contributed by atoms with Gasteiger partial charge in [0, 0.05) is 12.1 Å². The lowest BCUT2D eigenvalue weighted by Gasteiger charge is -2.38. The molecule has 2 aromatic carbocycles. The Bertz CT molecular complexity index is 1030. The molecule has 0 aliphatic carbocycles. The van der Waals surface area contributed by atoms with Crippen molar-refractivity contribution >= 4 is 0 Å². The molecular formula is C33H50O8. The third-order valence-electron chi connectivity index (χ3n) is 6.95. The minimum absolute atomic E-state index is 0.0621. The molecule has 0 radical (unpaired) electrons. The van der Waals surface area contributed by atoms with Crippen molar-refractivity contribution in [3.8, 4) is 28.7 Å². The topological polar surface area (TPSA) is 95.8 Å². The molecule has 2 aromatic rings. The number of hydrogen-bond donors (Lipinski definition) is 2. The Morgan fingerprint density at radius 2 is 1.27 bits per heavy atom. The third-order valence-corrected chi connectivity index (χ3v) is 6.95. The molecular weight excluding hydrogens is 524 g/mol. The zero-order valence-electron chi connectivity index (χ0n) is 25.4. The molecule has 1 aliphatic heterocycles. The van der Waals surface area contributed by atoms with Crippen LogP contribution in [0.3, 0.4) is 0 Å². The molecule has 0 saturated carbocycles. The van der Waals surface area contributed by atoms with Gasteiger partial charge in [0.05, 0.1) is 45.2 Å². The first kappa shape index (κ1) is 32.8. The zero-order valence-corrected chi connectivity index (χ0v) is 25.4. The zero-order chi connectivity index (χ0) is 29.5. The molecule has 3 atom stereocenters. The largest absolute Gasteiger partial charge is 0.493 e. The van der Waals surface area contributed by atoms with Gasteiger partial charge in [-0.2, -0.15) is 0 Å². The summed E-state index contributed by atoms with van der Waals surface area (Å²) in [5.41, 5.74) is 1.36. The lowest BCUT2D eigenvalue weighted by Crippen LogP contribution is -2.36. The first-order valence-electron chi connectivity index (χ1n) is 15.5. The maximum Gasteiger partial charge on any atom is 0.161 e. The Hall–Kier alpha value is -2.68. The van der Waals surface area contributed by atoms with Crippen LogP contribution in [0.5, 0.6) is 28.7 Å². The second-order valence-corrected chi connectivity index (χ2v) is 10.4. The number of unbranched alkanes of at least 4 members (excludes halogenated alkanes) is 4. The van der Waals surface area contributed by atoms with Gasteiger partial charge in [-0.3, -0.25) is 0 Å². The van der Waals surface area contributed by atoms with Gasteiger partial charge in [-0.25, -0.2) is 0 Å². The van der Waals surface area contributed by atoms with Crippen molar-refractivity contribution in [2.24, 2.45) is 0 Å². The first-order valence-corrected chi connectivity index (χ1v) is 15.5. The van der Waals surface area contributed by atoms with Crippen LogP contribution in [0.2, 0.25) is 0 Å². The quantitative estimate of drug-likeness (QED) is 0.164. The maximum absolute atomic E-state index is 11.7. The van der Waals surface area contributed by atoms with Crippen molar-refractivity contribution in [2.45, 2.75) is 97.4 Å². The van der Waals surface area contributed by atoms with Crippen LogP contribution in [0.4, 0.5) is 0 Å². The van der Waals surface area contributed by atoms with E-state index in [2.05, 4.69) is 27.7 Å². The van der Waals surface area contributed by atoms with E-state index in [9.17, 15) is 10.2 Å². The summed E-state index contributed by atoms with van der Waals surface area (Å²) < 4.78 is 36.9. The Labute approximate surface area is 245 Å². The monoisotopic (exact) mass is 574 g/mol. The van der Waals surface area contributed by atoms with Gasteiger partial charge in [-0.15, -0.1) is 0 Å². The number of rotatable bonds is 20. The lowest BCUT2D eigenvalue weighted by molar-refractivity contribution is -0.108. The van der Waals surface area contributed by atoms with E-state index in [-0.39, 0.29) is 13.2 Å². The summed E-state index contributed by atoms with van der Waals surface area (Å²) in [5.74, 6) is 3.03. The van der Waals surface area contributed by atoms with Crippen LogP contribution in [0.1, 0.15) is 102 Å². The molecule has 8 heteroatoms. The van der Waals surface area contributed by atoms with Crippen LogP contribution < -0.4 is 23.7 Å². The van der Waals surface area contributed by atoms with Crippen LogP contribution in [0.25, 0.3) is 0 Å². The highest BCUT2D eigenvalue weighted by atomic mass is 16.5. The van der Waals surface area contributed by atoms with Crippen LogP contribution in [0, 0.1) is 0 Å². The van der Waals surface area contributed by atoms with Crippen molar-refractivity contribution < 1.29 is 38.6 Å². The van der Waals surface area contributed by atoms with Gasteiger partial charge < -0.3 is 38.6 Å². The SMILES string of the molecule is CCCCOc1cc(OCCCC)c2c(c1)O[C@@H](c1ccc(OCCCC)c(OCCCC)c1)[C@@H](O)C2OCCO. The molecule has 0 bridgehead atoms. The van der Waals surface area contributed by atoms with Gasteiger partial charge in [0.1, 0.15) is 29.5 Å². The van der Waals surface area contributed by atoms with Crippen LogP contribution in [-0.2, 0) is 4.74 Å². The maximum atomic E-state index is 11.7. The van der Waals surface area contributed by atoms with E-state index in [0.717, 1.165) is 56.9 Å². The van der Waals surface area contributed by atoms with E-state index in [0.29, 0.717) is 60.7 Å². The molecule has 3 rings (SSSR count). The molecule has 0 fully saturated rings. The predicted octanol–water partition coefficient (Wildman–Crippen LogP) is 6.95. The van der Waals surface area contributed by atoms with E-state index >= 15 is 0 Å². The van der Waals surface area contributed by atoms with Crippen LogP contribution in [0.15, 0.2) is 30.3 Å². The van der Waals surface area contributed by atoms with Gasteiger partial charge in [-0.1, -0.05) is 59.4 Å². The first-order chi connectivity index (χ1) is 20.1. The smallest absolute Gasteiger partial charge is 0.161 e. The van der Waals surface area contributed by atoms with Gasteiger partial charge in [0.15, 0.2) is 17.6 Å². The number of benzene rings is 2. The number of aliphatic hydroxyl groups is 2. The molecule has 0 amide bonds. The molecule has 230 valence electrons. The second-order valence-electron chi connectivity index (χ2n) is 10.4. The van der Waals surface area contributed by atoms with Gasteiger partial charge in [0.25, 0.3) is 0 Å². The second kappa shape index (κ2) is 18.0. The Morgan fingerprint density at radius 1 is 0.683 bits per heavy atom. The fraction of sp³-hybridized carbons (Fsp3) is 0.636. The average molecular weight is 575 g/mol. The highest BCUT2D eigenvalue weighted by Gasteiger charge is 2.42. The van der Waals surface area contributed by atoms with Crippen molar-refractivity contribution in [3.05, 3.63) is 41.5 Å². The molecule has 1 heterocycles. The summed E-state index contributed by atoms with van der Waals surface area (Å²) in [6.45, 7) is 10.6. The summed E-state index contributed by atoms with van der Waals surface area (Å²) in [4.78, 5) is 0. The van der Waals surface area contributed by atoms with Crippen LogP contribution in [-0.4, -0.2) is 56.0 Å². The van der Waals surface area contributed by atoms with Crippen molar-refractivity contribution in [3.63, 3.8) is 0 Å². The Balaban J connectivity index is 2.01. The normalized spacial score (nSPS) is 18.0. The summed E-state index contributed by atoms with van der Waals surface area (Å²) in [5, 5.41) is 21.2. The highest BCUT2D eigenvalue weighted by Crippen LogP contribution is 2.49. The Morgan fingerprint density at radius 3 is 1.88 bits per heavy atom. The van der Waals surface area contributed by atoms with E-state index in [1.165, 1.54) is 0 Å². The van der Waals surface area contributed by atoms with Gasteiger partial charge >= 0.3 is 0 Å². The highest BCUT2D eigenvalue weighted by molar-refractivity contribution is 5.54. The van der Waals surface area contributed by atoms with E-state index in [1.807, 2.05) is 30.3 Å². The number of aliphatic hydroxyl groups excluding tert-OH is 2. The van der Waals surface area contributed by atoms with E-state index < -0.39 is 18.3 Å². The number of hydrogen-bond acceptors (Lipinski definition) is 8. The molecule has 2 N–H and O–H groups in total. The lowest BCUT2D eigenvalue weighted by atomic mass is 9.91. The summed E-state index contributed by atoms with van der Waals surface area (Å²) >= 11 is 0. The minimum atomic E-state index is -1.07. The standard InChI is InChI=1S/C33H50O8/c1-5-9-16-36-25-22-28(39-19-12-8-4)30-29(23-25)41-32(31(35)33(30)40-20-15-34)24-13-14-26(37-17-10-6-2)27(21-24)38-18-11-7-3/h13-14,21-23,31-35H,5-12,15-20H2,1-4H3/t31-,32+,33?/m1/s1. The van der Waals surface area contributed by atoms with Crippen molar-refractivity contribution in [1.82, 2.24) is 0 Å². The van der Waals surface area contributed by atoms with Gasteiger partial charge in [-0.05, 0) is 43.4 Å². The van der Waals surface area contributed by atoms with Gasteiger partial charge in [0.2, 0.25) is 0 Å². The molecule has 8 nitrogen and oxygen atoms in total. The van der Waals surface area contributed by atoms with Crippen molar-refractivity contribution in [2.75, 3.05) is 39.6 Å². The summed E-state index contributed by atoms with van der Waals surface area (Å²) in [7, 11) is 0.